The Kier molecular flexibility index (Phi) is 5.63. The first kappa shape index (κ1) is 25.3. The molecule has 10 atom stereocenters. The number of methoxy groups -OCH3 is 1. The van der Waals surface area contributed by atoms with Gasteiger partial charge in [-0.05, 0) is 97.2 Å². The molecule has 0 amide bonds. The molecule has 4 fully saturated rings. The van der Waals surface area contributed by atoms with Gasteiger partial charge in [0.15, 0.2) is 0 Å². The number of ether oxygens (including phenoxy) is 1. The summed E-state index contributed by atoms with van der Waals surface area (Å²) in [6.07, 6.45) is 13.1. The van der Waals surface area contributed by atoms with Crippen LogP contribution in [0.25, 0.3) is 0 Å². The fourth-order valence-corrected chi connectivity index (χ4v) is 11.0. The Labute approximate surface area is 209 Å². The molecule has 0 aromatic carbocycles. The fourth-order valence-electron chi connectivity index (χ4n) is 11.0. The van der Waals surface area contributed by atoms with Crippen LogP contribution in [-0.2, 0) is 4.74 Å². The van der Waals surface area contributed by atoms with E-state index in [0.717, 1.165) is 25.7 Å². The van der Waals surface area contributed by atoms with Crippen molar-refractivity contribution in [2.75, 3.05) is 13.7 Å². The number of hydrogen-bond donors (Lipinski definition) is 2. The minimum absolute atomic E-state index is 0.101. The van der Waals surface area contributed by atoms with Crippen molar-refractivity contribution in [3.8, 4) is 0 Å². The third kappa shape index (κ3) is 2.99. The van der Waals surface area contributed by atoms with Gasteiger partial charge in [0, 0.05) is 17.9 Å². The molecule has 0 radical (unpaired) electrons. The van der Waals surface area contributed by atoms with Crippen molar-refractivity contribution < 1.29 is 14.9 Å². The van der Waals surface area contributed by atoms with E-state index in [1.807, 2.05) is 7.11 Å². The largest absolute Gasteiger partial charge is 0.396 e. The van der Waals surface area contributed by atoms with Crippen molar-refractivity contribution in [3.05, 3.63) is 11.6 Å². The van der Waals surface area contributed by atoms with Gasteiger partial charge in [0.05, 0.1) is 18.8 Å². The number of rotatable bonds is 2. The highest BCUT2D eigenvalue weighted by Crippen LogP contribution is 2.75. The molecule has 3 heteroatoms. The van der Waals surface area contributed by atoms with Crippen molar-refractivity contribution in [1.82, 2.24) is 0 Å². The highest BCUT2D eigenvalue weighted by Gasteiger charge is 2.69. The lowest BCUT2D eigenvalue weighted by Gasteiger charge is -2.71. The van der Waals surface area contributed by atoms with Gasteiger partial charge in [0.1, 0.15) is 0 Å². The predicted octanol–water partition coefficient (Wildman–Crippen LogP) is 6.77. The Hall–Kier alpha value is -0.380. The molecule has 5 aliphatic carbocycles. The van der Waals surface area contributed by atoms with Gasteiger partial charge in [-0.3, -0.25) is 0 Å². The lowest BCUT2D eigenvalue weighted by Crippen LogP contribution is -2.66. The van der Waals surface area contributed by atoms with E-state index in [-0.39, 0.29) is 39.8 Å². The summed E-state index contributed by atoms with van der Waals surface area (Å²) in [4.78, 5) is 0. The van der Waals surface area contributed by atoms with Crippen LogP contribution in [0.5, 0.6) is 0 Å². The summed E-state index contributed by atoms with van der Waals surface area (Å²) in [5.41, 5.74) is 2.62. The van der Waals surface area contributed by atoms with Crippen LogP contribution in [0.15, 0.2) is 11.6 Å². The van der Waals surface area contributed by atoms with Gasteiger partial charge in [0.2, 0.25) is 0 Å². The highest BCUT2D eigenvalue weighted by atomic mass is 16.5. The Morgan fingerprint density at radius 1 is 0.882 bits per heavy atom. The van der Waals surface area contributed by atoms with Crippen molar-refractivity contribution in [2.45, 2.75) is 118 Å². The van der Waals surface area contributed by atoms with Gasteiger partial charge in [-0.2, -0.15) is 0 Å². The second-order valence-electron chi connectivity index (χ2n) is 15.4. The zero-order valence-electron chi connectivity index (χ0n) is 23.3. The maximum atomic E-state index is 11.0. The zero-order valence-corrected chi connectivity index (χ0v) is 23.3. The van der Waals surface area contributed by atoms with Crippen LogP contribution in [0.2, 0.25) is 0 Å². The van der Waals surface area contributed by atoms with Crippen LogP contribution in [-0.4, -0.2) is 36.1 Å². The average molecular weight is 473 g/mol. The van der Waals surface area contributed by atoms with Crippen LogP contribution in [0, 0.1) is 50.2 Å². The molecule has 34 heavy (non-hydrogen) atoms. The van der Waals surface area contributed by atoms with Gasteiger partial charge in [-0.1, -0.05) is 60.1 Å². The van der Waals surface area contributed by atoms with Crippen LogP contribution < -0.4 is 0 Å². The standard InChI is InChI=1S/C31H52O3/c1-26(2)17-21-20-9-10-23-28(4)13-12-24(33)29(5,19-32)22(28)11-14-31(23,7)30(20,6)16-15-27(21,3)25(18-26)34-8/h9,21-25,32-33H,10-19H2,1-8H3/t21-,22?,23+,24-,25+,27+,28-,29+,30+,31+/m0/s1. The van der Waals surface area contributed by atoms with Crippen molar-refractivity contribution in [3.63, 3.8) is 0 Å². The van der Waals surface area contributed by atoms with E-state index < -0.39 is 0 Å². The quantitative estimate of drug-likeness (QED) is 0.436. The molecule has 0 heterocycles. The summed E-state index contributed by atoms with van der Waals surface area (Å²) in [5, 5.41) is 21.4. The third-order valence-electron chi connectivity index (χ3n) is 13.5. The van der Waals surface area contributed by atoms with Gasteiger partial charge >= 0.3 is 0 Å². The van der Waals surface area contributed by atoms with E-state index in [0.29, 0.717) is 29.3 Å². The second-order valence-corrected chi connectivity index (χ2v) is 15.4. The Bertz CT molecular complexity index is 863. The summed E-state index contributed by atoms with van der Waals surface area (Å²) < 4.78 is 6.20. The molecule has 4 saturated carbocycles. The van der Waals surface area contributed by atoms with E-state index >= 15 is 0 Å². The molecule has 5 aliphatic rings. The SMILES string of the molecule is CO[C@@H]1CC(C)(C)C[C@H]2C3=CC[C@@H]4[C@@]5(C)CC[C@H](O)[C@](C)(CO)C5CC[C@@]4(C)[C@]3(C)CC[C@@]12C. The molecule has 0 aliphatic heterocycles. The van der Waals surface area contributed by atoms with Gasteiger partial charge in [-0.15, -0.1) is 0 Å². The molecular weight excluding hydrogens is 420 g/mol. The fraction of sp³-hybridized carbons (Fsp3) is 0.935. The third-order valence-corrected chi connectivity index (χ3v) is 13.5. The second kappa shape index (κ2) is 7.57. The molecule has 0 aromatic heterocycles. The zero-order chi connectivity index (χ0) is 24.9. The molecular formula is C31H52O3. The van der Waals surface area contributed by atoms with E-state index in [1.165, 1.54) is 32.1 Å². The normalized spacial score (nSPS) is 56.4. The average Bonchev–Trinajstić information content (AvgIpc) is 2.77. The first-order valence-electron chi connectivity index (χ1n) is 14.2. The molecule has 5 rings (SSSR count). The van der Waals surface area contributed by atoms with Crippen molar-refractivity contribution >= 4 is 0 Å². The van der Waals surface area contributed by atoms with E-state index in [9.17, 15) is 10.2 Å². The number of fused-ring (bicyclic) bond motifs is 7. The Morgan fingerprint density at radius 3 is 2.24 bits per heavy atom. The lowest BCUT2D eigenvalue weighted by molar-refractivity contribution is -0.219. The number of hydrogen-bond acceptors (Lipinski definition) is 3. The van der Waals surface area contributed by atoms with Crippen LogP contribution in [0.1, 0.15) is 106 Å². The highest BCUT2D eigenvalue weighted by molar-refractivity contribution is 5.34. The summed E-state index contributed by atoms with van der Waals surface area (Å²) in [5.74, 6) is 1.62. The molecule has 0 spiro atoms. The minimum atomic E-state index is -0.379. The first-order chi connectivity index (χ1) is 15.7. The number of aliphatic hydroxyl groups excluding tert-OH is 2. The maximum Gasteiger partial charge on any atom is 0.0635 e. The maximum absolute atomic E-state index is 11.0. The van der Waals surface area contributed by atoms with Crippen LogP contribution in [0.4, 0.5) is 0 Å². The molecule has 0 bridgehead atoms. The van der Waals surface area contributed by atoms with E-state index in [2.05, 4.69) is 54.5 Å². The van der Waals surface area contributed by atoms with Gasteiger partial charge in [-0.25, -0.2) is 0 Å². The number of allylic oxidation sites excluding steroid dienone is 2. The Morgan fingerprint density at radius 2 is 1.59 bits per heavy atom. The van der Waals surface area contributed by atoms with E-state index in [1.54, 1.807) is 5.57 Å². The molecule has 3 nitrogen and oxygen atoms in total. The first-order valence-corrected chi connectivity index (χ1v) is 14.2. The van der Waals surface area contributed by atoms with Crippen LogP contribution in [0.3, 0.4) is 0 Å². The molecule has 0 saturated heterocycles. The topological polar surface area (TPSA) is 49.7 Å². The smallest absolute Gasteiger partial charge is 0.0635 e. The molecule has 1 unspecified atom stereocenters. The summed E-state index contributed by atoms with van der Waals surface area (Å²) >= 11 is 0. The van der Waals surface area contributed by atoms with Crippen molar-refractivity contribution in [2.24, 2.45) is 50.2 Å². The summed E-state index contributed by atoms with van der Waals surface area (Å²) in [7, 11) is 1.94. The molecule has 0 aromatic rings. The summed E-state index contributed by atoms with van der Waals surface area (Å²) in [6, 6.07) is 0. The monoisotopic (exact) mass is 472 g/mol. The number of aliphatic hydroxyl groups is 2. The Balaban J connectivity index is 1.58. The van der Waals surface area contributed by atoms with Gasteiger partial charge < -0.3 is 14.9 Å². The minimum Gasteiger partial charge on any atom is -0.396 e. The molecule has 2 N–H and O–H groups in total. The van der Waals surface area contributed by atoms with E-state index in [4.69, 9.17) is 4.74 Å². The predicted molar refractivity (Wildman–Crippen MR) is 138 cm³/mol. The van der Waals surface area contributed by atoms with Gasteiger partial charge in [0.25, 0.3) is 0 Å². The lowest BCUT2D eigenvalue weighted by atomic mass is 9.33. The van der Waals surface area contributed by atoms with Crippen LogP contribution >= 0.6 is 0 Å². The van der Waals surface area contributed by atoms with Crippen molar-refractivity contribution in [1.29, 1.82) is 0 Å². The molecule has 194 valence electrons. The summed E-state index contributed by atoms with van der Waals surface area (Å²) in [6.45, 7) is 17.5.